The van der Waals surface area contributed by atoms with Gasteiger partial charge in [-0.15, -0.1) is 0 Å². The average Bonchev–Trinajstić information content (AvgIpc) is 3.15. The van der Waals surface area contributed by atoms with Crippen molar-refractivity contribution >= 4 is 22.9 Å². The van der Waals surface area contributed by atoms with E-state index in [4.69, 9.17) is 0 Å². The number of aryl methyl sites for hydroxylation is 2. The second-order valence-electron chi connectivity index (χ2n) is 7.14. The summed E-state index contributed by atoms with van der Waals surface area (Å²) in [5, 5.41) is 6.85. The fraction of sp³-hybridized carbons (Fsp3) is 0.600. The highest BCUT2D eigenvalue weighted by atomic mass is 16.1. The van der Waals surface area contributed by atoms with Gasteiger partial charge < -0.3 is 10.6 Å². The topological polar surface area (TPSA) is 88.9 Å². The molecule has 2 aromatic heterocycles. The largest absolute Gasteiger partial charge is 0.356 e. The van der Waals surface area contributed by atoms with Crippen LogP contribution in [-0.4, -0.2) is 33.5 Å². The zero-order valence-corrected chi connectivity index (χ0v) is 16.5. The van der Waals surface area contributed by atoms with Gasteiger partial charge in [0.1, 0.15) is 5.65 Å². The lowest BCUT2D eigenvalue weighted by Crippen LogP contribution is -2.29. The predicted molar refractivity (Wildman–Crippen MR) is 107 cm³/mol. The van der Waals surface area contributed by atoms with Gasteiger partial charge in [0, 0.05) is 36.5 Å². The van der Waals surface area contributed by atoms with Crippen LogP contribution in [0.5, 0.6) is 0 Å². The fourth-order valence-corrected chi connectivity index (χ4v) is 3.86. The fourth-order valence-electron chi connectivity index (χ4n) is 3.86. The van der Waals surface area contributed by atoms with Crippen molar-refractivity contribution < 1.29 is 4.79 Å². The molecule has 0 atom stereocenters. The van der Waals surface area contributed by atoms with E-state index in [0.717, 1.165) is 43.3 Å². The second kappa shape index (κ2) is 8.50. The van der Waals surface area contributed by atoms with Crippen molar-refractivity contribution in [2.24, 2.45) is 0 Å². The van der Waals surface area contributed by atoms with Crippen LogP contribution in [0.15, 0.2) is 10.9 Å². The van der Waals surface area contributed by atoms with Crippen LogP contribution >= 0.6 is 0 Å². The highest BCUT2D eigenvalue weighted by molar-refractivity contribution is 5.80. The lowest BCUT2D eigenvalue weighted by molar-refractivity contribution is -0.120. The monoisotopic (exact) mass is 371 g/mol. The van der Waals surface area contributed by atoms with Crippen molar-refractivity contribution in [2.45, 2.75) is 65.3 Å². The zero-order valence-electron chi connectivity index (χ0n) is 16.5. The molecule has 1 amide bonds. The van der Waals surface area contributed by atoms with E-state index in [-0.39, 0.29) is 17.5 Å². The number of aromatic nitrogens is 3. The molecule has 0 aromatic carbocycles. The molecule has 0 aliphatic heterocycles. The molecule has 3 rings (SSSR count). The first-order chi connectivity index (χ1) is 13.0. The normalized spacial score (nSPS) is 14.6. The van der Waals surface area contributed by atoms with Crippen LogP contribution in [0.4, 0.5) is 5.95 Å². The van der Waals surface area contributed by atoms with Crippen LogP contribution < -0.4 is 16.2 Å². The summed E-state index contributed by atoms with van der Waals surface area (Å²) in [7, 11) is 0. The Morgan fingerprint density at radius 1 is 1.22 bits per heavy atom. The molecule has 1 fully saturated rings. The van der Waals surface area contributed by atoms with Crippen LogP contribution in [0.1, 0.15) is 63.3 Å². The first-order valence-electron chi connectivity index (χ1n) is 9.98. The molecule has 1 saturated carbocycles. The number of anilines is 1. The predicted octanol–water partition coefficient (Wildman–Crippen LogP) is 2.72. The molecule has 7 nitrogen and oxygen atoms in total. The van der Waals surface area contributed by atoms with Gasteiger partial charge in [-0.1, -0.05) is 12.8 Å². The van der Waals surface area contributed by atoms with Gasteiger partial charge in [-0.3, -0.25) is 14.2 Å². The molecule has 1 aliphatic rings. The lowest BCUT2D eigenvalue weighted by Gasteiger charge is -2.19. The average molecular weight is 371 g/mol. The number of carbonyl (C=O) groups excluding carboxylic acids is 1. The van der Waals surface area contributed by atoms with Crippen LogP contribution in [0.3, 0.4) is 0 Å². The molecule has 1 aliphatic carbocycles. The molecule has 7 heteroatoms. The van der Waals surface area contributed by atoms with Crippen molar-refractivity contribution in [1.82, 2.24) is 19.9 Å². The van der Waals surface area contributed by atoms with E-state index in [1.54, 1.807) is 0 Å². The van der Waals surface area contributed by atoms with Crippen LogP contribution in [-0.2, 0) is 11.2 Å². The van der Waals surface area contributed by atoms with Gasteiger partial charge in [0.2, 0.25) is 11.9 Å². The zero-order chi connectivity index (χ0) is 19.4. The van der Waals surface area contributed by atoms with Gasteiger partial charge >= 0.3 is 0 Å². The Morgan fingerprint density at radius 2 is 1.96 bits per heavy atom. The second-order valence-corrected chi connectivity index (χ2v) is 7.14. The van der Waals surface area contributed by atoms with Crippen molar-refractivity contribution in [2.75, 3.05) is 18.4 Å². The molecule has 2 aromatic rings. The maximum absolute atomic E-state index is 13.3. The Labute approximate surface area is 159 Å². The van der Waals surface area contributed by atoms with Gasteiger partial charge in [-0.2, -0.15) is 4.98 Å². The quantitative estimate of drug-likeness (QED) is 0.781. The third-order valence-electron chi connectivity index (χ3n) is 5.18. The van der Waals surface area contributed by atoms with Crippen molar-refractivity contribution in [3.63, 3.8) is 0 Å². The van der Waals surface area contributed by atoms with Crippen LogP contribution in [0, 0.1) is 6.92 Å². The number of nitrogens with zero attached hydrogens (tertiary/aromatic N) is 3. The standard InChI is InChI=1S/C20H29N5O2/c1-4-21-17(26)11-10-14-12-16-13(3)23-20(22-5-2)24-18(16)25(19(14)27)15-8-6-7-9-15/h12,15H,4-11H2,1-3H3,(H,21,26)(H,22,23,24). The minimum Gasteiger partial charge on any atom is -0.356 e. The molecule has 0 saturated heterocycles. The number of rotatable bonds is 7. The van der Waals surface area contributed by atoms with Crippen molar-refractivity contribution in [3.8, 4) is 0 Å². The molecule has 0 spiro atoms. The number of pyridine rings is 1. The van der Waals surface area contributed by atoms with E-state index >= 15 is 0 Å². The summed E-state index contributed by atoms with van der Waals surface area (Å²) in [6.07, 6.45) is 5.00. The van der Waals surface area contributed by atoms with Crippen molar-refractivity contribution in [1.29, 1.82) is 0 Å². The van der Waals surface area contributed by atoms with E-state index in [0.29, 0.717) is 36.5 Å². The SMILES string of the molecule is CCNC(=O)CCc1cc2c(C)nc(NCC)nc2n(C2CCCC2)c1=O. The molecule has 27 heavy (non-hydrogen) atoms. The minimum atomic E-state index is -0.0279. The molecule has 0 unspecified atom stereocenters. The molecule has 146 valence electrons. The first kappa shape index (κ1) is 19.3. The molecule has 0 radical (unpaired) electrons. The Hall–Kier alpha value is -2.44. The Kier molecular flexibility index (Phi) is 6.08. The van der Waals surface area contributed by atoms with Gasteiger partial charge in [-0.25, -0.2) is 4.98 Å². The highest BCUT2D eigenvalue weighted by Crippen LogP contribution is 2.31. The Morgan fingerprint density at radius 3 is 2.63 bits per heavy atom. The van der Waals surface area contributed by atoms with E-state index in [9.17, 15) is 9.59 Å². The van der Waals surface area contributed by atoms with Crippen LogP contribution in [0.25, 0.3) is 11.0 Å². The van der Waals surface area contributed by atoms with Crippen LogP contribution in [0.2, 0.25) is 0 Å². The van der Waals surface area contributed by atoms with Gasteiger partial charge in [-0.05, 0) is 46.1 Å². The lowest BCUT2D eigenvalue weighted by atomic mass is 10.1. The summed E-state index contributed by atoms with van der Waals surface area (Å²) in [6, 6.07) is 2.06. The smallest absolute Gasteiger partial charge is 0.255 e. The molecular weight excluding hydrogens is 342 g/mol. The maximum Gasteiger partial charge on any atom is 0.255 e. The molecule has 2 N–H and O–H groups in total. The number of nitrogens with one attached hydrogen (secondary N) is 2. The van der Waals surface area contributed by atoms with Crippen molar-refractivity contribution in [3.05, 3.63) is 27.7 Å². The molecule has 0 bridgehead atoms. The number of fused-ring (bicyclic) bond motifs is 1. The number of hydrogen-bond donors (Lipinski definition) is 2. The number of carbonyl (C=O) groups is 1. The third-order valence-corrected chi connectivity index (χ3v) is 5.18. The first-order valence-corrected chi connectivity index (χ1v) is 9.98. The summed E-state index contributed by atoms with van der Waals surface area (Å²) in [4.78, 5) is 34.3. The summed E-state index contributed by atoms with van der Waals surface area (Å²) in [6.45, 7) is 7.16. The molecule has 2 heterocycles. The van der Waals surface area contributed by atoms with Gasteiger partial charge in [0.05, 0.1) is 5.69 Å². The summed E-state index contributed by atoms with van der Waals surface area (Å²) in [5.41, 5.74) is 2.21. The van der Waals surface area contributed by atoms with Gasteiger partial charge in [0.25, 0.3) is 5.56 Å². The third kappa shape index (κ3) is 4.12. The summed E-state index contributed by atoms with van der Waals surface area (Å²) < 4.78 is 1.87. The highest BCUT2D eigenvalue weighted by Gasteiger charge is 2.23. The maximum atomic E-state index is 13.3. The van der Waals surface area contributed by atoms with E-state index in [2.05, 4.69) is 20.6 Å². The number of hydrogen-bond acceptors (Lipinski definition) is 5. The van der Waals surface area contributed by atoms with Gasteiger partial charge in [0.15, 0.2) is 0 Å². The summed E-state index contributed by atoms with van der Waals surface area (Å²) >= 11 is 0. The van der Waals surface area contributed by atoms with E-state index in [1.807, 2.05) is 31.4 Å². The Bertz CT molecular complexity index is 884. The van der Waals surface area contributed by atoms with E-state index < -0.39 is 0 Å². The molecular formula is C20H29N5O2. The van der Waals surface area contributed by atoms with E-state index in [1.165, 1.54) is 0 Å². The Balaban J connectivity index is 2.11. The minimum absolute atomic E-state index is 0.0146. The summed E-state index contributed by atoms with van der Waals surface area (Å²) in [5.74, 6) is 0.531. The number of amides is 1.